The molecule has 0 bridgehead atoms. The number of benzene rings is 1. The normalized spacial score (nSPS) is 11.8. The van der Waals surface area contributed by atoms with Gasteiger partial charge in [0.2, 0.25) is 0 Å². The number of non-ortho nitro benzene ring substituents is 1. The standard InChI is InChI=1S/C19H17N3O3S/c1-12(14-5-3-6-15(11-14)22(24)25)21-19(23)16-8-9-17(20-13(16)2)18-7-4-10-26-18/h3-12H,1-2H3,(H,21,23)/t12-/m0/s1. The lowest BCUT2D eigenvalue weighted by Crippen LogP contribution is -2.27. The number of nitrogens with one attached hydrogen (secondary N) is 1. The van der Waals surface area contributed by atoms with Gasteiger partial charge in [-0.25, -0.2) is 0 Å². The quantitative estimate of drug-likeness (QED) is 0.531. The number of pyridine rings is 1. The van der Waals surface area contributed by atoms with Crippen molar-refractivity contribution >= 4 is 22.9 Å². The van der Waals surface area contributed by atoms with E-state index < -0.39 is 4.92 Å². The van der Waals surface area contributed by atoms with E-state index in [2.05, 4.69) is 10.3 Å². The number of aromatic nitrogens is 1. The summed E-state index contributed by atoms with van der Waals surface area (Å²) >= 11 is 1.59. The lowest BCUT2D eigenvalue weighted by molar-refractivity contribution is -0.384. The SMILES string of the molecule is Cc1nc(-c2cccs2)ccc1C(=O)N[C@@H](C)c1cccc([N+](=O)[O-])c1. The van der Waals surface area contributed by atoms with Crippen LogP contribution in [0, 0.1) is 17.0 Å². The van der Waals surface area contributed by atoms with Crippen LogP contribution in [0.4, 0.5) is 5.69 Å². The third-order valence-corrected chi connectivity index (χ3v) is 4.93. The molecule has 1 N–H and O–H groups in total. The highest BCUT2D eigenvalue weighted by molar-refractivity contribution is 7.13. The number of carbonyl (C=O) groups is 1. The molecule has 0 radical (unpaired) electrons. The number of thiophene rings is 1. The molecule has 0 spiro atoms. The van der Waals surface area contributed by atoms with Gasteiger partial charge in [0.25, 0.3) is 11.6 Å². The van der Waals surface area contributed by atoms with Crippen LogP contribution in [0.2, 0.25) is 0 Å². The molecule has 1 aromatic carbocycles. The second-order valence-corrected chi connectivity index (χ2v) is 6.80. The van der Waals surface area contributed by atoms with E-state index in [0.29, 0.717) is 16.8 Å². The van der Waals surface area contributed by atoms with Crippen molar-refractivity contribution in [3.8, 4) is 10.6 Å². The van der Waals surface area contributed by atoms with E-state index in [-0.39, 0.29) is 17.6 Å². The van der Waals surface area contributed by atoms with E-state index in [1.54, 1.807) is 43.4 Å². The fourth-order valence-corrected chi connectivity index (χ4v) is 3.32. The zero-order valence-electron chi connectivity index (χ0n) is 14.3. The number of amides is 1. The Kier molecular flexibility index (Phi) is 5.09. The second kappa shape index (κ2) is 7.45. The summed E-state index contributed by atoms with van der Waals surface area (Å²) < 4.78 is 0. The van der Waals surface area contributed by atoms with Crippen LogP contribution in [0.5, 0.6) is 0 Å². The first-order valence-electron chi connectivity index (χ1n) is 8.02. The van der Waals surface area contributed by atoms with E-state index in [1.165, 1.54) is 12.1 Å². The van der Waals surface area contributed by atoms with E-state index in [0.717, 1.165) is 10.6 Å². The monoisotopic (exact) mass is 367 g/mol. The van der Waals surface area contributed by atoms with Crippen molar-refractivity contribution < 1.29 is 9.72 Å². The van der Waals surface area contributed by atoms with Gasteiger partial charge >= 0.3 is 0 Å². The maximum atomic E-state index is 12.6. The number of nitrogens with zero attached hydrogens (tertiary/aromatic N) is 2. The average Bonchev–Trinajstić information content (AvgIpc) is 3.16. The summed E-state index contributed by atoms with van der Waals surface area (Å²) in [6.45, 7) is 3.59. The van der Waals surface area contributed by atoms with Crippen molar-refractivity contribution in [2.24, 2.45) is 0 Å². The van der Waals surface area contributed by atoms with Crippen LogP contribution >= 0.6 is 11.3 Å². The molecule has 0 fully saturated rings. The van der Waals surface area contributed by atoms with Gasteiger partial charge in [0.15, 0.2) is 0 Å². The molecule has 3 aromatic rings. The molecule has 0 saturated carbocycles. The fraction of sp³-hybridized carbons (Fsp3) is 0.158. The molecule has 2 aromatic heterocycles. The highest BCUT2D eigenvalue weighted by atomic mass is 32.1. The minimum atomic E-state index is -0.449. The van der Waals surface area contributed by atoms with Crippen molar-refractivity contribution in [1.82, 2.24) is 10.3 Å². The number of nitro benzene ring substituents is 1. The molecule has 3 rings (SSSR count). The van der Waals surface area contributed by atoms with Gasteiger partial charge in [0.05, 0.1) is 32.8 Å². The number of carbonyl (C=O) groups excluding carboxylic acids is 1. The molecular formula is C19H17N3O3S. The summed E-state index contributed by atoms with van der Waals surface area (Å²) in [5.74, 6) is -0.258. The molecule has 6 nitrogen and oxygen atoms in total. The molecule has 2 heterocycles. The predicted molar refractivity (Wildman–Crippen MR) is 101 cm³/mol. The predicted octanol–water partition coefficient (Wildman–Crippen LogP) is 4.52. The topological polar surface area (TPSA) is 85.1 Å². The Bertz CT molecular complexity index is 954. The summed E-state index contributed by atoms with van der Waals surface area (Å²) in [5.41, 5.74) is 2.64. The number of aryl methyl sites for hydroxylation is 1. The second-order valence-electron chi connectivity index (χ2n) is 5.85. The van der Waals surface area contributed by atoms with E-state index in [9.17, 15) is 14.9 Å². The van der Waals surface area contributed by atoms with Crippen LogP contribution in [-0.2, 0) is 0 Å². The molecule has 0 aliphatic rings. The van der Waals surface area contributed by atoms with Crippen LogP contribution in [0.1, 0.15) is 34.6 Å². The van der Waals surface area contributed by atoms with E-state index in [1.807, 2.05) is 23.6 Å². The van der Waals surface area contributed by atoms with Gasteiger partial charge in [-0.2, -0.15) is 0 Å². The highest BCUT2D eigenvalue weighted by Gasteiger charge is 2.16. The summed E-state index contributed by atoms with van der Waals surface area (Å²) in [5, 5.41) is 15.8. The first-order chi connectivity index (χ1) is 12.5. The Labute approximate surface area is 154 Å². The third-order valence-electron chi connectivity index (χ3n) is 4.03. The largest absolute Gasteiger partial charge is 0.345 e. The van der Waals surface area contributed by atoms with Gasteiger partial charge in [-0.15, -0.1) is 11.3 Å². The third kappa shape index (κ3) is 3.78. The van der Waals surface area contributed by atoms with E-state index in [4.69, 9.17) is 0 Å². The van der Waals surface area contributed by atoms with Crippen LogP contribution in [0.3, 0.4) is 0 Å². The number of rotatable bonds is 5. The van der Waals surface area contributed by atoms with Gasteiger partial charge in [0.1, 0.15) is 0 Å². The summed E-state index contributed by atoms with van der Waals surface area (Å²) in [6.07, 6.45) is 0. The van der Waals surface area contributed by atoms with Gasteiger partial charge in [-0.1, -0.05) is 18.2 Å². The van der Waals surface area contributed by atoms with Crippen LogP contribution in [-0.4, -0.2) is 15.8 Å². The average molecular weight is 367 g/mol. The summed E-state index contributed by atoms with van der Waals surface area (Å²) in [6, 6.07) is 13.4. The molecular weight excluding hydrogens is 350 g/mol. The highest BCUT2D eigenvalue weighted by Crippen LogP contribution is 2.24. The lowest BCUT2D eigenvalue weighted by atomic mass is 10.1. The minimum Gasteiger partial charge on any atom is -0.345 e. The Morgan fingerprint density at radius 1 is 1.23 bits per heavy atom. The lowest BCUT2D eigenvalue weighted by Gasteiger charge is -2.15. The van der Waals surface area contributed by atoms with Crippen molar-refractivity contribution in [3.63, 3.8) is 0 Å². The number of hydrogen-bond donors (Lipinski definition) is 1. The van der Waals surface area contributed by atoms with Gasteiger partial charge in [0, 0.05) is 12.1 Å². The molecule has 1 amide bonds. The molecule has 1 atom stereocenters. The Balaban J connectivity index is 1.77. The molecule has 0 aliphatic carbocycles. The molecule has 0 aliphatic heterocycles. The molecule has 132 valence electrons. The van der Waals surface area contributed by atoms with Gasteiger partial charge in [-0.3, -0.25) is 19.9 Å². The van der Waals surface area contributed by atoms with Crippen molar-refractivity contribution in [2.45, 2.75) is 19.9 Å². The van der Waals surface area contributed by atoms with E-state index >= 15 is 0 Å². The smallest absolute Gasteiger partial charge is 0.269 e. The molecule has 26 heavy (non-hydrogen) atoms. The van der Waals surface area contributed by atoms with Crippen LogP contribution in [0.25, 0.3) is 10.6 Å². The number of nitro groups is 1. The first-order valence-corrected chi connectivity index (χ1v) is 8.90. The van der Waals surface area contributed by atoms with Crippen molar-refractivity contribution in [1.29, 1.82) is 0 Å². The summed E-state index contributed by atoms with van der Waals surface area (Å²) in [7, 11) is 0. The maximum Gasteiger partial charge on any atom is 0.269 e. The van der Waals surface area contributed by atoms with Crippen LogP contribution in [0.15, 0.2) is 53.9 Å². The van der Waals surface area contributed by atoms with Crippen molar-refractivity contribution in [2.75, 3.05) is 0 Å². The number of hydrogen-bond acceptors (Lipinski definition) is 5. The Morgan fingerprint density at radius 3 is 2.69 bits per heavy atom. The molecule has 0 saturated heterocycles. The maximum absolute atomic E-state index is 12.6. The fourth-order valence-electron chi connectivity index (χ4n) is 2.63. The first kappa shape index (κ1) is 17.8. The van der Waals surface area contributed by atoms with Gasteiger partial charge in [-0.05, 0) is 43.0 Å². The van der Waals surface area contributed by atoms with Crippen LogP contribution < -0.4 is 5.32 Å². The molecule has 7 heteroatoms. The Hall–Kier alpha value is -3.06. The van der Waals surface area contributed by atoms with Crippen molar-refractivity contribution in [3.05, 3.63) is 80.8 Å². The zero-order chi connectivity index (χ0) is 18.7. The zero-order valence-corrected chi connectivity index (χ0v) is 15.1. The summed E-state index contributed by atoms with van der Waals surface area (Å²) in [4.78, 5) is 28.6. The molecule has 0 unspecified atom stereocenters. The minimum absolute atomic E-state index is 0.00162. The Morgan fingerprint density at radius 2 is 2.04 bits per heavy atom. The van der Waals surface area contributed by atoms with Gasteiger partial charge < -0.3 is 5.32 Å².